The van der Waals surface area contributed by atoms with Gasteiger partial charge in [-0.25, -0.2) is 9.67 Å². The molecule has 1 saturated carbocycles. The van der Waals surface area contributed by atoms with Gasteiger partial charge < -0.3 is 0 Å². The Kier molecular flexibility index (Phi) is 4.24. The second-order valence-corrected chi connectivity index (χ2v) is 7.99. The van der Waals surface area contributed by atoms with Crippen LogP contribution >= 0.6 is 11.8 Å². The second-order valence-electron chi connectivity index (χ2n) is 6.93. The third-order valence-electron chi connectivity index (χ3n) is 4.98. The van der Waals surface area contributed by atoms with Crippen LogP contribution in [0.5, 0.6) is 0 Å². The van der Waals surface area contributed by atoms with E-state index < -0.39 is 0 Å². The van der Waals surface area contributed by atoms with Gasteiger partial charge in [0.2, 0.25) is 5.16 Å². The molecule has 2 aromatic carbocycles. The molecule has 0 spiro atoms. The van der Waals surface area contributed by atoms with Crippen molar-refractivity contribution in [2.24, 2.45) is 0 Å². The van der Waals surface area contributed by atoms with Crippen LogP contribution in [0, 0.1) is 0 Å². The number of thioether (sulfide) groups is 1. The molecule has 0 unspecified atom stereocenters. The molecule has 2 heterocycles. The van der Waals surface area contributed by atoms with Gasteiger partial charge in [0, 0.05) is 18.2 Å². The highest BCUT2D eigenvalue weighted by atomic mass is 32.2. The van der Waals surface area contributed by atoms with Crippen LogP contribution in [0.1, 0.15) is 45.3 Å². The van der Waals surface area contributed by atoms with E-state index in [4.69, 9.17) is 4.98 Å². The van der Waals surface area contributed by atoms with E-state index in [1.807, 2.05) is 35.0 Å². The normalized spacial score (nSPS) is 15.9. The Balaban J connectivity index is 1.29. The molecule has 3 aromatic rings. The topological polar surface area (TPSA) is 68.1 Å². The number of carbonyl (C=O) groups excluding carboxylic acids is 2. The van der Waals surface area contributed by atoms with E-state index >= 15 is 0 Å². The van der Waals surface area contributed by atoms with Crippen molar-refractivity contribution in [3.8, 4) is 5.69 Å². The zero-order valence-electron chi connectivity index (χ0n) is 15.1. The van der Waals surface area contributed by atoms with Crippen molar-refractivity contribution in [1.29, 1.82) is 0 Å². The fourth-order valence-electron chi connectivity index (χ4n) is 3.40. The number of rotatable bonds is 6. The van der Waals surface area contributed by atoms with Gasteiger partial charge in [0.05, 0.1) is 16.8 Å². The van der Waals surface area contributed by atoms with Gasteiger partial charge in [-0.05, 0) is 37.1 Å². The van der Waals surface area contributed by atoms with Gasteiger partial charge in [0.1, 0.15) is 5.82 Å². The Labute approximate surface area is 166 Å². The third kappa shape index (κ3) is 3.01. The summed E-state index contributed by atoms with van der Waals surface area (Å²) in [5.41, 5.74) is 1.98. The van der Waals surface area contributed by atoms with E-state index in [9.17, 15) is 9.59 Å². The first-order valence-electron chi connectivity index (χ1n) is 9.33. The third-order valence-corrected chi connectivity index (χ3v) is 5.80. The average Bonchev–Trinajstić information content (AvgIpc) is 3.45. The number of aromatic nitrogens is 3. The number of nitrogens with zero attached hydrogens (tertiary/aromatic N) is 4. The molecule has 0 radical (unpaired) electrons. The van der Waals surface area contributed by atoms with E-state index in [0.29, 0.717) is 34.5 Å². The maximum absolute atomic E-state index is 12.5. The average molecular weight is 390 g/mol. The lowest BCUT2D eigenvalue weighted by atomic mass is 10.1. The first kappa shape index (κ1) is 17.2. The van der Waals surface area contributed by atoms with Gasteiger partial charge in [-0.1, -0.05) is 42.1 Å². The van der Waals surface area contributed by atoms with Gasteiger partial charge in [0.25, 0.3) is 11.8 Å². The van der Waals surface area contributed by atoms with Crippen LogP contribution in [-0.4, -0.2) is 43.8 Å². The summed E-state index contributed by atoms with van der Waals surface area (Å²) in [5, 5.41) is 5.35. The van der Waals surface area contributed by atoms with Crippen molar-refractivity contribution in [3.63, 3.8) is 0 Å². The number of amides is 2. The Morgan fingerprint density at radius 1 is 0.929 bits per heavy atom. The zero-order valence-corrected chi connectivity index (χ0v) is 15.9. The Hall–Kier alpha value is -2.93. The molecule has 1 aliphatic heterocycles. The molecular weight excluding hydrogens is 372 g/mol. The molecular formula is C21H18N4O2S. The number of hydrogen-bond acceptors (Lipinski definition) is 5. The van der Waals surface area contributed by atoms with E-state index in [1.54, 1.807) is 24.3 Å². The van der Waals surface area contributed by atoms with Crippen LogP contribution in [0.2, 0.25) is 0 Å². The lowest BCUT2D eigenvalue weighted by Gasteiger charge is -2.12. The molecule has 0 atom stereocenters. The first-order chi connectivity index (χ1) is 13.7. The first-order valence-corrected chi connectivity index (χ1v) is 10.3. The highest BCUT2D eigenvalue weighted by Gasteiger charge is 2.35. The molecule has 0 bridgehead atoms. The second kappa shape index (κ2) is 6.91. The van der Waals surface area contributed by atoms with E-state index in [0.717, 1.165) is 24.4 Å². The summed E-state index contributed by atoms with van der Waals surface area (Å²) in [6, 6.07) is 17.0. The Morgan fingerprint density at radius 2 is 1.57 bits per heavy atom. The number of benzene rings is 2. The molecule has 2 aliphatic rings. The molecule has 6 nitrogen and oxygen atoms in total. The zero-order chi connectivity index (χ0) is 19.1. The molecule has 0 saturated heterocycles. The van der Waals surface area contributed by atoms with E-state index in [-0.39, 0.29) is 11.8 Å². The minimum absolute atomic E-state index is 0.220. The molecule has 1 aromatic heterocycles. The summed E-state index contributed by atoms with van der Waals surface area (Å²) in [7, 11) is 0. The molecule has 5 rings (SSSR count). The van der Waals surface area contributed by atoms with Crippen molar-refractivity contribution in [2.75, 3.05) is 12.3 Å². The van der Waals surface area contributed by atoms with Crippen molar-refractivity contribution in [1.82, 2.24) is 19.7 Å². The molecule has 1 aliphatic carbocycles. The number of imide groups is 1. The minimum Gasteiger partial charge on any atom is -0.273 e. The van der Waals surface area contributed by atoms with Gasteiger partial charge in [-0.3, -0.25) is 14.5 Å². The summed E-state index contributed by atoms with van der Waals surface area (Å²) in [4.78, 5) is 30.9. The predicted octanol–water partition coefficient (Wildman–Crippen LogP) is 3.53. The van der Waals surface area contributed by atoms with Crippen LogP contribution in [0.3, 0.4) is 0 Å². The highest BCUT2D eigenvalue weighted by molar-refractivity contribution is 7.99. The summed E-state index contributed by atoms with van der Waals surface area (Å²) < 4.78 is 1.92. The Morgan fingerprint density at radius 3 is 2.21 bits per heavy atom. The number of hydrogen-bond donors (Lipinski definition) is 0. The van der Waals surface area contributed by atoms with Crippen molar-refractivity contribution in [3.05, 3.63) is 71.5 Å². The lowest BCUT2D eigenvalue weighted by molar-refractivity contribution is 0.0664. The quantitative estimate of drug-likeness (QED) is 0.476. The molecule has 140 valence electrons. The van der Waals surface area contributed by atoms with Crippen LogP contribution < -0.4 is 0 Å². The molecule has 28 heavy (non-hydrogen) atoms. The van der Waals surface area contributed by atoms with Crippen LogP contribution in [0.25, 0.3) is 5.69 Å². The SMILES string of the molecule is O=C1c2ccccc2C(=O)N1CCSc1nc(C2CC2)n(-c2ccccc2)n1. The summed E-state index contributed by atoms with van der Waals surface area (Å²) in [6.45, 7) is 0.343. The lowest BCUT2D eigenvalue weighted by Crippen LogP contribution is -2.31. The number of para-hydroxylation sites is 1. The predicted molar refractivity (Wildman–Crippen MR) is 106 cm³/mol. The summed E-state index contributed by atoms with van der Waals surface area (Å²) in [6.07, 6.45) is 2.29. The summed E-state index contributed by atoms with van der Waals surface area (Å²) >= 11 is 1.48. The number of carbonyl (C=O) groups is 2. The van der Waals surface area contributed by atoms with Crippen molar-refractivity contribution >= 4 is 23.6 Å². The van der Waals surface area contributed by atoms with E-state index in [2.05, 4.69) is 5.10 Å². The van der Waals surface area contributed by atoms with Crippen molar-refractivity contribution < 1.29 is 9.59 Å². The Bertz CT molecular complexity index is 1020. The molecule has 2 amide bonds. The molecule has 1 fully saturated rings. The van der Waals surface area contributed by atoms with Gasteiger partial charge in [0.15, 0.2) is 0 Å². The van der Waals surface area contributed by atoms with Crippen molar-refractivity contribution in [2.45, 2.75) is 23.9 Å². The smallest absolute Gasteiger partial charge is 0.261 e. The fourth-order valence-corrected chi connectivity index (χ4v) is 4.15. The standard InChI is InChI=1S/C21H18N4O2S/c26-19-16-8-4-5-9-17(16)20(27)24(19)12-13-28-21-22-18(14-10-11-14)25(23-21)15-6-2-1-3-7-15/h1-9,14H,10-13H2. The van der Waals surface area contributed by atoms with Crippen LogP contribution in [0.15, 0.2) is 59.8 Å². The molecule has 7 heteroatoms. The minimum atomic E-state index is -0.220. The monoisotopic (exact) mass is 390 g/mol. The number of fused-ring (bicyclic) bond motifs is 1. The summed E-state index contributed by atoms with van der Waals surface area (Å²) in [5.74, 6) is 1.59. The fraction of sp³-hybridized carbons (Fsp3) is 0.238. The maximum atomic E-state index is 12.5. The molecule has 0 N–H and O–H groups in total. The highest BCUT2D eigenvalue weighted by Crippen LogP contribution is 2.40. The van der Waals surface area contributed by atoms with Crippen LogP contribution in [0.4, 0.5) is 0 Å². The van der Waals surface area contributed by atoms with E-state index in [1.165, 1.54) is 16.7 Å². The maximum Gasteiger partial charge on any atom is 0.261 e. The van der Waals surface area contributed by atoms with Gasteiger partial charge in [-0.2, -0.15) is 0 Å². The van der Waals surface area contributed by atoms with Gasteiger partial charge in [-0.15, -0.1) is 5.10 Å². The van der Waals surface area contributed by atoms with Gasteiger partial charge >= 0.3 is 0 Å². The van der Waals surface area contributed by atoms with Crippen LogP contribution in [-0.2, 0) is 0 Å². The largest absolute Gasteiger partial charge is 0.273 e.